The predicted octanol–water partition coefficient (Wildman–Crippen LogP) is 6.00. The third-order valence-electron chi connectivity index (χ3n) is 4.49. The fourth-order valence-electron chi connectivity index (χ4n) is 3.17. The average molecular weight is 375 g/mol. The van der Waals surface area contributed by atoms with Gasteiger partial charge in [0.05, 0.1) is 5.75 Å². The largest absolute Gasteiger partial charge is 0.325 e. The van der Waals surface area contributed by atoms with Crippen molar-refractivity contribution >= 4 is 44.9 Å². The molecular formula is C23H18FNOS. The standard InChI is InChI=1S/C23H18FNOS/c24-22-12-10-18(20-7-3-4-8-21(20)22)14-27-15-23(26)25-19-11-9-16-5-1-2-6-17(16)13-19/h1-13H,14-15H2,(H,25,26). The van der Waals surface area contributed by atoms with Gasteiger partial charge in [0.1, 0.15) is 5.82 Å². The summed E-state index contributed by atoms with van der Waals surface area (Å²) in [5, 5.41) is 6.72. The Morgan fingerprint density at radius 2 is 1.59 bits per heavy atom. The zero-order valence-electron chi connectivity index (χ0n) is 14.6. The van der Waals surface area contributed by atoms with Gasteiger partial charge < -0.3 is 5.32 Å². The van der Waals surface area contributed by atoms with Gasteiger partial charge in [0.2, 0.25) is 5.91 Å². The molecule has 1 N–H and O–H groups in total. The van der Waals surface area contributed by atoms with Gasteiger partial charge in [-0.2, -0.15) is 0 Å². The van der Waals surface area contributed by atoms with Crippen LogP contribution in [0.15, 0.2) is 78.9 Å². The van der Waals surface area contributed by atoms with Crippen molar-refractivity contribution in [1.29, 1.82) is 0 Å². The number of amides is 1. The minimum absolute atomic E-state index is 0.0401. The van der Waals surface area contributed by atoms with Crippen molar-refractivity contribution in [2.75, 3.05) is 11.1 Å². The number of hydrogen-bond acceptors (Lipinski definition) is 2. The van der Waals surface area contributed by atoms with Gasteiger partial charge in [-0.05, 0) is 39.9 Å². The van der Waals surface area contributed by atoms with E-state index in [4.69, 9.17) is 0 Å². The first-order valence-electron chi connectivity index (χ1n) is 8.73. The molecule has 0 spiro atoms. The summed E-state index contributed by atoms with van der Waals surface area (Å²) in [6.45, 7) is 0. The molecule has 1 amide bonds. The number of hydrogen-bond donors (Lipinski definition) is 1. The van der Waals surface area contributed by atoms with Crippen LogP contribution >= 0.6 is 11.8 Å². The highest BCUT2D eigenvalue weighted by molar-refractivity contribution is 7.99. The van der Waals surface area contributed by atoms with Gasteiger partial charge in [-0.15, -0.1) is 11.8 Å². The Balaban J connectivity index is 1.39. The van der Waals surface area contributed by atoms with Crippen LogP contribution < -0.4 is 5.32 Å². The second kappa shape index (κ2) is 7.80. The molecule has 4 heteroatoms. The Labute approximate surface area is 161 Å². The molecule has 0 atom stereocenters. The molecular weight excluding hydrogens is 357 g/mol. The van der Waals surface area contributed by atoms with Crippen molar-refractivity contribution in [1.82, 2.24) is 0 Å². The SMILES string of the molecule is O=C(CSCc1ccc(F)c2ccccc12)Nc1ccc2ccccc2c1. The summed E-state index contributed by atoms with van der Waals surface area (Å²) in [4.78, 5) is 12.3. The lowest BCUT2D eigenvalue weighted by atomic mass is 10.1. The van der Waals surface area contributed by atoms with E-state index >= 15 is 0 Å². The van der Waals surface area contributed by atoms with Gasteiger partial charge in [0, 0.05) is 16.8 Å². The van der Waals surface area contributed by atoms with Crippen molar-refractivity contribution in [3.05, 3.63) is 90.2 Å². The van der Waals surface area contributed by atoms with E-state index in [1.54, 1.807) is 12.1 Å². The van der Waals surface area contributed by atoms with E-state index in [1.165, 1.54) is 17.8 Å². The Morgan fingerprint density at radius 1 is 0.852 bits per heavy atom. The third kappa shape index (κ3) is 3.96. The van der Waals surface area contributed by atoms with Crippen LogP contribution in [-0.4, -0.2) is 11.7 Å². The van der Waals surface area contributed by atoms with E-state index in [2.05, 4.69) is 5.32 Å². The molecule has 0 aromatic heterocycles. The van der Waals surface area contributed by atoms with Gasteiger partial charge in [0.25, 0.3) is 0 Å². The normalized spacial score (nSPS) is 11.0. The van der Waals surface area contributed by atoms with Crippen LogP contribution in [0.2, 0.25) is 0 Å². The highest BCUT2D eigenvalue weighted by atomic mass is 32.2. The number of thioether (sulfide) groups is 1. The molecule has 0 aliphatic rings. The molecule has 0 saturated heterocycles. The second-order valence-corrected chi connectivity index (χ2v) is 7.34. The zero-order valence-corrected chi connectivity index (χ0v) is 15.4. The Hall–Kier alpha value is -2.85. The number of nitrogens with one attached hydrogen (secondary N) is 1. The molecule has 2 nitrogen and oxygen atoms in total. The smallest absolute Gasteiger partial charge is 0.234 e. The van der Waals surface area contributed by atoms with Gasteiger partial charge in [-0.3, -0.25) is 4.79 Å². The molecule has 4 aromatic rings. The summed E-state index contributed by atoms with van der Waals surface area (Å²) < 4.78 is 13.9. The number of carbonyl (C=O) groups is 1. The van der Waals surface area contributed by atoms with E-state index in [-0.39, 0.29) is 11.7 Å². The molecule has 0 unspecified atom stereocenters. The van der Waals surface area contributed by atoms with Crippen molar-refractivity contribution in [2.24, 2.45) is 0 Å². The lowest BCUT2D eigenvalue weighted by molar-refractivity contribution is -0.113. The predicted molar refractivity (Wildman–Crippen MR) is 113 cm³/mol. The molecule has 0 heterocycles. The van der Waals surface area contributed by atoms with E-state index in [1.807, 2.05) is 60.7 Å². The van der Waals surface area contributed by atoms with E-state index in [0.29, 0.717) is 16.9 Å². The summed E-state index contributed by atoms with van der Waals surface area (Å²) in [5.41, 5.74) is 1.84. The third-order valence-corrected chi connectivity index (χ3v) is 5.47. The zero-order chi connectivity index (χ0) is 18.6. The summed E-state index contributed by atoms with van der Waals surface area (Å²) in [6, 6.07) is 24.7. The first-order chi connectivity index (χ1) is 13.2. The van der Waals surface area contributed by atoms with Crippen LogP contribution in [0, 0.1) is 5.82 Å². The molecule has 4 rings (SSSR count). The molecule has 0 bridgehead atoms. The van der Waals surface area contributed by atoms with Crippen molar-refractivity contribution in [3.8, 4) is 0 Å². The maximum atomic E-state index is 13.9. The van der Waals surface area contributed by atoms with Crippen molar-refractivity contribution in [2.45, 2.75) is 5.75 Å². The Bertz CT molecular complexity index is 1130. The van der Waals surface area contributed by atoms with Crippen molar-refractivity contribution < 1.29 is 9.18 Å². The molecule has 134 valence electrons. The van der Waals surface area contributed by atoms with Crippen LogP contribution in [0.4, 0.5) is 10.1 Å². The van der Waals surface area contributed by atoms with Gasteiger partial charge in [0.15, 0.2) is 0 Å². The van der Waals surface area contributed by atoms with Gasteiger partial charge in [-0.1, -0.05) is 60.7 Å². The number of anilines is 1. The number of benzene rings is 4. The van der Waals surface area contributed by atoms with Crippen LogP contribution in [0.1, 0.15) is 5.56 Å². The van der Waals surface area contributed by atoms with Crippen LogP contribution in [0.3, 0.4) is 0 Å². The van der Waals surface area contributed by atoms with Crippen molar-refractivity contribution in [3.63, 3.8) is 0 Å². The quantitative estimate of drug-likeness (QED) is 0.463. The Kier molecular flexibility index (Phi) is 5.07. The van der Waals surface area contributed by atoms with Crippen LogP contribution in [-0.2, 0) is 10.5 Å². The van der Waals surface area contributed by atoms with E-state index in [0.717, 1.165) is 27.4 Å². The molecule has 0 aliphatic carbocycles. The lowest BCUT2D eigenvalue weighted by Gasteiger charge is -2.09. The highest BCUT2D eigenvalue weighted by Crippen LogP contribution is 2.25. The minimum Gasteiger partial charge on any atom is -0.325 e. The molecule has 27 heavy (non-hydrogen) atoms. The van der Waals surface area contributed by atoms with Gasteiger partial charge in [-0.25, -0.2) is 4.39 Å². The topological polar surface area (TPSA) is 29.1 Å². The number of rotatable bonds is 5. The molecule has 0 aliphatic heterocycles. The molecule has 0 fully saturated rings. The molecule has 0 saturated carbocycles. The maximum absolute atomic E-state index is 13.9. The summed E-state index contributed by atoms with van der Waals surface area (Å²) in [6.07, 6.45) is 0. The van der Waals surface area contributed by atoms with Gasteiger partial charge >= 0.3 is 0 Å². The lowest BCUT2D eigenvalue weighted by Crippen LogP contribution is -2.14. The van der Waals surface area contributed by atoms with E-state index in [9.17, 15) is 9.18 Å². The Morgan fingerprint density at radius 3 is 2.44 bits per heavy atom. The van der Waals surface area contributed by atoms with Crippen LogP contribution in [0.5, 0.6) is 0 Å². The molecule has 4 aromatic carbocycles. The monoisotopic (exact) mass is 375 g/mol. The number of carbonyl (C=O) groups excluding carboxylic acids is 1. The summed E-state index contributed by atoms with van der Waals surface area (Å²) in [7, 11) is 0. The number of fused-ring (bicyclic) bond motifs is 2. The average Bonchev–Trinajstić information content (AvgIpc) is 2.70. The first-order valence-corrected chi connectivity index (χ1v) is 9.89. The fraction of sp³-hybridized carbons (Fsp3) is 0.0870. The fourth-order valence-corrected chi connectivity index (χ4v) is 4.00. The number of halogens is 1. The second-order valence-electron chi connectivity index (χ2n) is 6.35. The highest BCUT2D eigenvalue weighted by Gasteiger charge is 2.08. The summed E-state index contributed by atoms with van der Waals surface area (Å²) >= 11 is 1.52. The summed E-state index contributed by atoms with van der Waals surface area (Å²) in [5.74, 6) is 0.750. The molecule has 0 radical (unpaired) electrons. The van der Waals surface area contributed by atoms with Crippen LogP contribution in [0.25, 0.3) is 21.5 Å². The first kappa shape index (κ1) is 17.6. The van der Waals surface area contributed by atoms with E-state index < -0.39 is 0 Å². The maximum Gasteiger partial charge on any atom is 0.234 e. The minimum atomic E-state index is -0.214.